The molecule has 3 heterocycles. The fourth-order valence-electron chi connectivity index (χ4n) is 4.60. The third-order valence-electron chi connectivity index (χ3n) is 6.26. The fourth-order valence-corrected chi connectivity index (χ4v) is 4.60. The van der Waals surface area contributed by atoms with Crippen molar-refractivity contribution in [1.82, 2.24) is 34.7 Å². The molecule has 1 aliphatic carbocycles. The van der Waals surface area contributed by atoms with E-state index in [1.165, 1.54) is 24.8 Å². The minimum Gasteiger partial charge on any atom is -0.494 e. The summed E-state index contributed by atoms with van der Waals surface area (Å²) in [5, 5.41) is 8.68. The van der Waals surface area contributed by atoms with Gasteiger partial charge in [-0.15, -0.1) is 0 Å². The summed E-state index contributed by atoms with van der Waals surface area (Å²) in [6.07, 6.45) is 5.44. The monoisotopic (exact) mass is 500 g/mol. The molecule has 0 amide bonds. The molecule has 3 aromatic heterocycles. The summed E-state index contributed by atoms with van der Waals surface area (Å²) in [5.41, 5.74) is 3.09. The van der Waals surface area contributed by atoms with E-state index < -0.39 is 11.6 Å². The number of hydrogen-bond donors (Lipinski definition) is 1. The molecule has 2 aromatic carbocycles. The van der Waals surface area contributed by atoms with Gasteiger partial charge in [-0.2, -0.15) is 5.10 Å². The van der Waals surface area contributed by atoms with E-state index in [0.717, 1.165) is 35.9 Å². The van der Waals surface area contributed by atoms with Crippen LogP contribution in [0.25, 0.3) is 22.4 Å². The number of fused-ring (bicyclic) bond motifs is 2. The molecule has 11 heteroatoms. The Bertz CT molecular complexity index is 1580. The number of rotatable bonds is 7. The number of para-hydroxylation sites is 1. The van der Waals surface area contributed by atoms with Crippen molar-refractivity contribution in [2.45, 2.75) is 32.7 Å². The molecule has 0 saturated carbocycles. The number of anilines is 2. The number of nitrogens with one attached hydrogen (secondary N) is 1. The van der Waals surface area contributed by atoms with Gasteiger partial charge in [-0.3, -0.25) is 4.68 Å². The number of nitrogens with zero attached hydrogens (tertiary/aromatic N) is 7. The van der Waals surface area contributed by atoms with Crippen LogP contribution < -0.4 is 10.1 Å². The van der Waals surface area contributed by atoms with Crippen LogP contribution in [0.4, 0.5) is 20.5 Å². The third kappa shape index (κ3) is 4.32. The van der Waals surface area contributed by atoms with Gasteiger partial charge in [0.25, 0.3) is 0 Å². The van der Waals surface area contributed by atoms with Gasteiger partial charge < -0.3 is 10.1 Å². The highest BCUT2D eigenvalue weighted by Gasteiger charge is 2.24. The predicted molar refractivity (Wildman–Crippen MR) is 133 cm³/mol. The quantitative estimate of drug-likeness (QED) is 0.345. The summed E-state index contributed by atoms with van der Waals surface area (Å²) in [6.45, 7) is 1.97. The minimum atomic E-state index is -0.692. The standard InChI is InChI=1S/C26H22F2N8O/c1-2-37-15-10-19(27)18(20(28)11-15)12-36-22-9-4-3-6-17(22)23(35-36)25-32-21-8-5-7-16(21)24(33-25)34-26-30-13-29-14-31-26/h3-4,6,9-11,13-14H,2,5,7-8,12H2,1H3,(H,29,30,31,32,33,34). The van der Waals surface area contributed by atoms with Gasteiger partial charge in [-0.25, -0.2) is 33.7 Å². The molecular formula is C26H22F2N8O. The Morgan fingerprint density at radius 2 is 1.81 bits per heavy atom. The zero-order valence-corrected chi connectivity index (χ0v) is 19.9. The van der Waals surface area contributed by atoms with Crippen molar-refractivity contribution >= 4 is 22.7 Å². The van der Waals surface area contributed by atoms with Crippen LogP contribution in [0.3, 0.4) is 0 Å². The summed E-state index contributed by atoms with van der Waals surface area (Å²) < 4.78 is 36.5. The van der Waals surface area contributed by atoms with E-state index in [1.54, 1.807) is 11.6 Å². The van der Waals surface area contributed by atoms with E-state index in [2.05, 4.69) is 20.3 Å². The normalized spacial score (nSPS) is 12.6. The van der Waals surface area contributed by atoms with E-state index in [0.29, 0.717) is 35.4 Å². The Morgan fingerprint density at radius 3 is 2.59 bits per heavy atom. The lowest BCUT2D eigenvalue weighted by Crippen LogP contribution is -2.08. The molecule has 6 rings (SSSR count). The van der Waals surface area contributed by atoms with Gasteiger partial charge in [-0.05, 0) is 32.3 Å². The Hall–Kier alpha value is -4.54. The van der Waals surface area contributed by atoms with Crippen LogP contribution in [-0.2, 0) is 19.4 Å². The Kier molecular flexibility index (Phi) is 5.87. The highest BCUT2D eigenvalue weighted by Crippen LogP contribution is 2.33. The molecule has 0 radical (unpaired) electrons. The van der Waals surface area contributed by atoms with Gasteiger partial charge in [-0.1, -0.05) is 18.2 Å². The molecule has 0 saturated heterocycles. The van der Waals surface area contributed by atoms with Gasteiger partial charge in [0, 0.05) is 34.3 Å². The Morgan fingerprint density at radius 1 is 1.03 bits per heavy atom. The molecule has 0 atom stereocenters. The maximum atomic E-state index is 14.8. The highest BCUT2D eigenvalue weighted by atomic mass is 19.1. The molecule has 1 N–H and O–H groups in total. The second-order valence-corrected chi connectivity index (χ2v) is 8.58. The van der Waals surface area contributed by atoms with Crippen molar-refractivity contribution in [3.8, 4) is 17.3 Å². The van der Waals surface area contributed by atoms with Gasteiger partial charge >= 0.3 is 0 Å². The lowest BCUT2D eigenvalue weighted by Gasteiger charge is -2.10. The molecular weight excluding hydrogens is 478 g/mol. The van der Waals surface area contributed by atoms with Crippen LogP contribution in [-0.4, -0.2) is 41.3 Å². The third-order valence-corrected chi connectivity index (χ3v) is 6.26. The van der Waals surface area contributed by atoms with Crippen molar-refractivity contribution in [2.75, 3.05) is 11.9 Å². The molecule has 0 bridgehead atoms. The van der Waals surface area contributed by atoms with Crippen molar-refractivity contribution in [1.29, 1.82) is 0 Å². The minimum absolute atomic E-state index is 0.102. The zero-order valence-electron chi connectivity index (χ0n) is 19.9. The molecule has 0 unspecified atom stereocenters. The van der Waals surface area contributed by atoms with Gasteiger partial charge in [0.15, 0.2) is 5.82 Å². The van der Waals surface area contributed by atoms with Crippen molar-refractivity contribution in [3.63, 3.8) is 0 Å². The zero-order chi connectivity index (χ0) is 25.4. The number of aromatic nitrogens is 7. The smallest absolute Gasteiger partial charge is 0.231 e. The fraction of sp³-hybridized carbons (Fsp3) is 0.231. The molecule has 0 fully saturated rings. The van der Waals surface area contributed by atoms with Gasteiger partial charge in [0.05, 0.1) is 18.7 Å². The second-order valence-electron chi connectivity index (χ2n) is 8.58. The molecule has 186 valence electrons. The van der Waals surface area contributed by atoms with Crippen LogP contribution in [0, 0.1) is 11.6 Å². The first kappa shape index (κ1) is 22.9. The summed E-state index contributed by atoms with van der Waals surface area (Å²) >= 11 is 0. The van der Waals surface area contributed by atoms with E-state index in [4.69, 9.17) is 19.8 Å². The number of hydrogen-bond acceptors (Lipinski definition) is 8. The maximum absolute atomic E-state index is 14.8. The largest absolute Gasteiger partial charge is 0.494 e. The van der Waals surface area contributed by atoms with E-state index in [-0.39, 0.29) is 17.9 Å². The lowest BCUT2D eigenvalue weighted by atomic mass is 10.1. The summed E-state index contributed by atoms with van der Waals surface area (Å²) in [5.74, 6) is 0.178. The van der Waals surface area contributed by atoms with Crippen LogP contribution in [0.2, 0.25) is 0 Å². The van der Waals surface area contributed by atoms with Crippen LogP contribution in [0.15, 0.2) is 49.1 Å². The lowest BCUT2D eigenvalue weighted by molar-refractivity contribution is 0.335. The van der Waals surface area contributed by atoms with Crippen LogP contribution in [0.5, 0.6) is 5.75 Å². The first-order valence-corrected chi connectivity index (χ1v) is 12.0. The SMILES string of the molecule is CCOc1cc(F)c(Cn2nc(-c3nc4c(c(Nc5ncncn5)n3)CCC4)c3ccccc32)c(F)c1. The topological polar surface area (TPSA) is 104 Å². The molecule has 9 nitrogen and oxygen atoms in total. The highest BCUT2D eigenvalue weighted by molar-refractivity contribution is 5.92. The van der Waals surface area contributed by atoms with Crippen LogP contribution in [0.1, 0.15) is 30.2 Å². The molecule has 0 aliphatic heterocycles. The second kappa shape index (κ2) is 9.49. The number of aryl methyl sites for hydroxylation is 1. The van der Waals surface area contributed by atoms with Crippen LogP contribution >= 0.6 is 0 Å². The number of benzene rings is 2. The molecule has 1 aliphatic rings. The summed E-state index contributed by atoms with van der Waals surface area (Å²) in [7, 11) is 0. The molecule has 5 aromatic rings. The summed E-state index contributed by atoms with van der Waals surface area (Å²) in [4.78, 5) is 21.7. The van der Waals surface area contributed by atoms with Crippen molar-refractivity contribution in [2.24, 2.45) is 0 Å². The van der Waals surface area contributed by atoms with Crippen molar-refractivity contribution < 1.29 is 13.5 Å². The van der Waals surface area contributed by atoms with Gasteiger partial charge in [0.2, 0.25) is 5.95 Å². The first-order valence-electron chi connectivity index (χ1n) is 12.0. The average molecular weight is 501 g/mol. The first-order chi connectivity index (χ1) is 18.1. The van der Waals surface area contributed by atoms with Gasteiger partial charge in [0.1, 0.15) is 41.6 Å². The Balaban J connectivity index is 1.44. The molecule has 37 heavy (non-hydrogen) atoms. The van der Waals surface area contributed by atoms with Crippen molar-refractivity contribution in [3.05, 3.63) is 77.5 Å². The average Bonchev–Trinajstić information content (AvgIpc) is 3.52. The van der Waals surface area contributed by atoms with E-state index in [9.17, 15) is 8.78 Å². The molecule has 0 spiro atoms. The van der Waals surface area contributed by atoms with E-state index in [1.807, 2.05) is 24.3 Å². The number of ether oxygens (including phenoxy) is 1. The van der Waals surface area contributed by atoms with E-state index >= 15 is 0 Å². The summed E-state index contributed by atoms with van der Waals surface area (Å²) in [6, 6.07) is 9.87. The number of halogens is 2. The maximum Gasteiger partial charge on any atom is 0.231 e. The Labute approximate surface area is 210 Å². The predicted octanol–water partition coefficient (Wildman–Crippen LogP) is 4.64.